The Morgan fingerprint density at radius 1 is 0.350 bits per heavy atom. The summed E-state index contributed by atoms with van der Waals surface area (Å²) >= 11 is 0. The van der Waals surface area contributed by atoms with Gasteiger partial charge < -0.3 is 0 Å². The molecule has 0 aromatic heterocycles. The van der Waals surface area contributed by atoms with E-state index in [2.05, 4.69) is 170 Å². The average Bonchev–Trinajstić information content (AvgIpc) is 3.04. The van der Waals surface area contributed by atoms with Crippen LogP contribution in [0.5, 0.6) is 0 Å². The number of rotatable bonds is 9. The summed E-state index contributed by atoms with van der Waals surface area (Å²) in [5, 5.41) is 5.68. The van der Waals surface area contributed by atoms with Crippen LogP contribution >= 0.6 is 15.8 Å². The zero-order chi connectivity index (χ0) is 27.0. The normalized spacial score (nSPS) is 11.8. The van der Waals surface area contributed by atoms with Gasteiger partial charge in [-0.05, 0) is 65.4 Å². The van der Waals surface area contributed by atoms with Crippen LogP contribution < -0.4 is 21.2 Å². The Morgan fingerprint density at radius 2 is 0.800 bits per heavy atom. The molecule has 0 N–H and O–H groups in total. The van der Waals surface area contributed by atoms with Crippen LogP contribution in [-0.2, 0) is 12.3 Å². The summed E-state index contributed by atoms with van der Waals surface area (Å²) in [5.74, 6) is 0. The lowest BCUT2D eigenvalue weighted by atomic mass is 10.0. The number of hydrogen-bond acceptors (Lipinski definition) is 0. The highest BCUT2D eigenvalue weighted by molar-refractivity contribution is 7.72. The molecule has 2 heteroatoms. The standard InChI is InChI=1S/C38H32P2/c1-5-16-31(17-6-1)29-39(34-20-7-2-8-21-34)37-26-15-19-32(28-37)38-27-14-13-18-33(38)30-40(35-22-9-3-10-23-35)36-24-11-4-12-25-36/h1-28H,29-30H2. The summed E-state index contributed by atoms with van der Waals surface area (Å²) in [6.07, 6.45) is 2.06. The minimum absolute atomic E-state index is 0.519. The van der Waals surface area contributed by atoms with Gasteiger partial charge in [0, 0.05) is 12.3 Å². The zero-order valence-corrected chi connectivity index (χ0v) is 24.3. The Labute approximate surface area is 240 Å². The van der Waals surface area contributed by atoms with Crippen LogP contribution in [0.25, 0.3) is 11.1 Å². The van der Waals surface area contributed by atoms with E-state index in [1.54, 1.807) is 0 Å². The molecule has 0 radical (unpaired) electrons. The van der Waals surface area contributed by atoms with Gasteiger partial charge in [0.05, 0.1) is 0 Å². The zero-order valence-electron chi connectivity index (χ0n) is 22.5. The Balaban J connectivity index is 1.38. The molecule has 6 aromatic carbocycles. The Kier molecular flexibility index (Phi) is 8.60. The van der Waals surface area contributed by atoms with Crippen LogP contribution in [0.15, 0.2) is 170 Å². The number of benzene rings is 6. The molecular formula is C38H32P2. The first-order valence-corrected chi connectivity index (χ1v) is 16.8. The van der Waals surface area contributed by atoms with Crippen molar-refractivity contribution in [2.75, 3.05) is 0 Å². The third-order valence-electron chi connectivity index (χ3n) is 7.20. The summed E-state index contributed by atoms with van der Waals surface area (Å²) in [4.78, 5) is 0. The van der Waals surface area contributed by atoms with E-state index in [-0.39, 0.29) is 0 Å². The van der Waals surface area contributed by atoms with E-state index in [1.807, 2.05) is 0 Å². The van der Waals surface area contributed by atoms with E-state index < -0.39 is 15.8 Å². The van der Waals surface area contributed by atoms with Crippen LogP contribution in [-0.4, -0.2) is 0 Å². The third kappa shape index (κ3) is 6.32. The average molecular weight is 551 g/mol. The van der Waals surface area contributed by atoms with Gasteiger partial charge in [0.2, 0.25) is 0 Å². The maximum absolute atomic E-state index is 2.45. The van der Waals surface area contributed by atoms with Crippen LogP contribution in [0.1, 0.15) is 11.1 Å². The molecule has 0 aliphatic heterocycles. The van der Waals surface area contributed by atoms with Crippen molar-refractivity contribution >= 4 is 37.1 Å². The molecule has 1 unspecified atom stereocenters. The Bertz CT molecular complexity index is 1590. The van der Waals surface area contributed by atoms with Crippen molar-refractivity contribution in [2.45, 2.75) is 12.3 Å². The van der Waals surface area contributed by atoms with E-state index in [0.29, 0.717) is 0 Å². The van der Waals surface area contributed by atoms with E-state index in [1.165, 1.54) is 43.5 Å². The van der Waals surface area contributed by atoms with Crippen LogP contribution in [0.4, 0.5) is 0 Å². The smallest absolute Gasteiger partial charge is 0.00136 e. The van der Waals surface area contributed by atoms with Gasteiger partial charge in [0.15, 0.2) is 0 Å². The molecule has 194 valence electrons. The van der Waals surface area contributed by atoms with E-state index in [4.69, 9.17) is 0 Å². The fourth-order valence-corrected chi connectivity index (χ4v) is 9.88. The second-order valence-electron chi connectivity index (χ2n) is 9.87. The second kappa shape index (κ2) is 13.0. The molecule has 40 heavy (non-hydrogen) atoms. The van der Waals surface area contributed by atoms with Gasteiger partial charge in [0.25, 0.3) is 0 Å². The predicted octanol–water partition coefficient (Wildman–Crippen LogP) is 8.62. The molecule has 0 bridgehead atoms. The van der Waals surface area contributed by atoms with Crippen molar-refractivity contribution in [1.29, 1.82) is 0 Å². The monoisotopic (exact) mass is 550 g/mol. The van der Waals surface area contributed by atoms with Gasteiger partial charge >= 0.3 is 0 Å². The van der Waals surface area contributed by atoms with Crippen molar-refractivity contribution in [3.8, 4) is 11.1 Å². The summed E-state index contributed by atoms with van der Waals surface area (Å²) in [6.45, 7) is 0. The summed E-state index contributed by atoms with van der Waals surface area (Å²) in [6, 6.07) is 62.4. The van der Waals surface area contributed by atoms with Crippen molar-refractivity contribution in [2.24, 2.45) is 0 Å². The SMILES string of the molecule is c1ccc(CP(c2ccccc2)c2cccc(-c3ccccc3CP(c3ccccc3)c3ccccc3)c2)cc1. The first-order valence-electron chi connectivity index (χ1n) is 13.8. The van der Waals surface area contributed by atoms with Gasteiger partial charge in [-0.3, -0.25) is 0 Å². The predicted molar refractivity (Wildman–Crippen MR) is 177 cm³/mol. The minimum Gasteiger partial charge on any atom is -0.0622 e. The van der Waals surface area contributed by atoms with Crippen molar-refractivity contribution in [3.63, 3.8) is 0 Å². The van der Waals surface area contributed by atoms with Gasteiger partial charge in [-0.2, -0.15) is 0 Å². The largest absolute Gasteiger partial charge is 0.0622 e. The van der Waals surface area contributed by atoms with E-state index in [0.717, 1.165) is 12.3 Å². The molecule has 6 rings (SSSR count). The lowest BCUT2D eigenvalue weighted by molar-refractivity contribution is 1.39. The summed E-state index contributed by atoms with van der Waals surface area (Å²) in [7, 11) is -1.05. The minimum atomic E-state index is -0.528. The molecule has 6 aromatic rings. The highest BCUT2D eigenvalue weighted by Gasteiger charge is 2.19. The van der Waals surface area contributed by atoms with Crippen LogP contribution in [0.2, 0.25) is 0 Å². The molecule has 0 heterocycles. The number of hydrogen-bond donors (Lipinski definition) is 0. The molecule has 0 nitrogen and oxygen atoms in total. The lowest BCUT2D eigenvalue weighted by Gasteiger charge is -2.22. The molecule has 0 fully saturated rings. The molecule has 0 saturated carbocycles. The molecule has 1 atom stereocenters. The van der Waals surface area contributed by atoms with Gasteiger partial charge in [-0.25, -0.2) is 0 Å². The molecule has 0 aliphatic rings. The Hall–Kier alpha value is -3.82. The van der Waals surface area contributed by atoms with E-state index in [9.17, 15) is 0 Å². The maximum atomic E-state index is 2.45. The van der Waals surface area contributed by atoms with Crippen LogP contribution in [0.3, 0.4) is 0 Å². The van der Waals surface area contributed by atoms with Crippen molar-refractivity contribution in [3.05, 3.63) is 181 Å². The molecule has 0 aliphatic carbocycles. The molecular weight excluding hydrogens is 518 g/mol. The first kappa shape index (κ1) is 26.4. The summed E-state index contributed by atoms with van der Waals surface area (Å²) in [5.41, 5.74) is 5.44. The Morgan fingerprint density at radius 3 is 1.38 bits per heavy atom. The molecule has 0 saturated heterocycles. The fraction of sp³-hybridized carbons (Fsp3) is 0.0526. The van der Waals surface area contributed by atoms with Crippen LogP contribution in [0, 0.1) is 0 Å². The van der Waals surface area contributed by atoms with E-state index >= 15 is 0 Å². The molecule has 0 amide bonds. The maximum Gasteiger partial charge on any atom is 0.00136 e. The second-order valence-corrected chi connectivity index (χ2v) is 14.3. The third-order valence-corrected chi connectivity index (χ3v) is 12.2. The highest BCUT2D eigenvalue weighted by atomic mass is 31.1. The van der Waals surface area contributed by atoms with Gasteiger partial charge in [-0.15, -0.1) is 0 Å². The highest BCUT2D eigenvalue weighted by Crippen LogP contribution is 2.42. The van der Waals surface area contributed by atoms with Crippen molar-refractivity contribution < 1.29 is 0 Å². The van der Waals surface area contributed by atoms with Crippen molar-refractivity contribution in [1.82, 2.24) is 0 Å². The lowest BCUT2D eigenvalue weighted by Crippen LogP contribution is -2.14. The topological polar surface area (TPSA) is 0 Å². The quantitative estimate of drug-likeness (QED) is 0.158. The first-order chi connectivity index (χ1) is 19.8. The van der Waals surface area contributed by atoms with Gasteiger partial charge in [0.1, 0.15) is 0 Å². The van der Waals surface area contributed by atoms with Gasteiger partial charge in [-0.1, -0.05) is 164 Å². The molecule has 0 spiro atoms. The fourth-order valence-electron chi connectivity index (χ4n) is 5.20. The summed E-state index contributed by atoms with van der Waals surface area (Å²) < 4.78 is 0.